The maximum absolute atomic E-state index is 14.6. The average molecular weight is 373 g/mol. The van der Waals surface area contributed by atoms with E-state index in [0.29, 0.717) is 0 Å². The minimum absolute atomic E-state index is 0.268. The summed E-state index contributed by atoms with van der Waals surface area (Å²) in [5.74, 6) is -5.59. The summed E-state index contributed by atoms with van der Waals surface area (Å²) < 4.78 is 72.5. The Kier molecular flexibility index (Phi) is 3.78. The topological polar surface area (TPSA) is 47.6 Å². The molecular formula is C12H10BrF5N2O. The summed E-state index contributed by atoms with van der Waals surface area (Å²) >= 11 is 3.00. The van der Waals surface area contributed by atoms with Crippen molar-refractivity contribution >= 4 is 21.8 Å². The number of alkyl halides is 4. The third kappa shape index (κ3) is 2.42. The first-order valence-corrected chi connectivity index (χ1v) is 6.50. The molecule has 0 saturated heterocycles. The van der Waals surface area contributed by atoms with Crippen LogP contribution in [-0.4, -0.2) is 24.5 Å². The molecule has 1 aromatic rings. The van der Waals surface area contributed by atoms with Crippen LogP contribution >= 0.6 is 15.9 Å². The molecule has 2 N–H and O–H groups in total. The Morgan fingerprint density at radius 3 is 2.57 bits per heavy atom. The number of nitrogens with zero attached hydrogens (tertiary/aromatic N) is 1. The van der Waals surface area contributed by atoms with E-state index >= 15 is 0 Å². The number of amidine groups is 1. The average Bonchev–Trinajstić information content (AvgIpc) is 2.36. The maximum Gasteiger partial charge on any atom is 0.451 e. The van der Waals surface area contributed by atoms with E-state index in [2.05, 4.69) is 25.7 Å². The van der Waals surface area contributed by atoms with Gasteiger partial charge in [-0.1, -0.05) is 15.9 Å². The lowest BCUT2D eigenvalue weighted by Gasteiger charge is -2.43. The number of rotatable bonds is 1. The first kappa shape index (κ1) is 16.2. The lowest BCUT2D eigenvalue weighted by Crippen LogP contribution is -2.61. The van der Waals surface area contributed by atoms with E-state index in [1.54, 1.807) is 0 Å². The summed E-state index contributed by atoms with van der Waals surface area (Å²) in [6.07, 6.45) is -5.42. The predicted molar refractivity (Wildman–Crippen MR) is 68.9 cm³/mol. The number of hydrogen-bond donors (Lipinski definition) is 1. The van der Waals surface area contributed by atoms with E-state index in [4.69, 9.17) is 5.73 Å². The molecule has 0 bridgehead atoms. The van der Waals surface area contributed by atoms with Crippen molar-refractivity contribution in [3.8, 4) is 0 Å². The SMILES string of the molecule is C[C@@]1(c2cc(Br)ccc2F)N=C(N)CO[C@]1(F)C(F)(F)F. The Bertz CT molecular complexity index is 606. The van der Waals surface area contributed by atoms with Crippen molar-refractivity contribution in [3.63, 3.8) is 0 Å². The van der Waals surface area contributed by atoms with Crippen molar-refractivity contribution in [2.75, 3.05) is 6.61 Å². The van der Waals surface area contributed by atoms with Crippen molar-refractivity contribution in [1.82, 2.24) is 0 Å². The molecule has 0 aromatic heterocycles. The number of benzene rings is 1. The van der Waals surface area contributed by atoms with Crippen molar-refractivity contribution in [1.29, 1.82) is 0 Å². The lowest BCUT2D eigenvalue weighted by molar-refractivity contribution is -0.357. The van der Waals surface area contributed by atoms with Crippen LogP contribution in [0, 0.1) is 5.82 Å². The third-order valence-corrected chi connectivity index (χ3v) is 3.72. The van der Waals surface area contributed by atoms with E-state index in [0.717, 1.165) is 19.1 Å². The van der Waals surface area contributed by atoms with Gasteiger partial charge in [-0.25, -0.2) is 4.39 Å². The molecule has 2 rings (SSSR count). The molecule has 21 heavy (non-hydrogen) atoms. The highest BCUT2D eigenvalue weighted by Gasteiger charge is 2.71. The van der Waals surface area contributed by atoms with Crippen LogP contribution in [0.1, 0.15) is 12.5 Å². The van der Waals surface area contributed by atoms with Crippen molar-refractivity contribution in [2.45, 2.75) is 24.5 Å². The Balaban J connectivity index is 2.74. The summed E-state index contributed by atoms with van der Waals surface area (Å²) in [7, 11) is 0. The number of nitrogens with two attached hydrogens (primary N) is 1. The standard InChI is InChI=1S/C12H10BrF5N2O/c1-10(7-4-6(13)2-3-8(7)14)11(15,12(16,17)18)21-5-9(19)20-10/h2-4H,5H2,1H3,(H2,19,20)/t10-,11-/m0/s1. The molecule has 1 aromatic carbocycles. The van der Waals surface area contributed by atoms with Crippen LogP contribution in [-0.2, 0) is 10.3 Å². The van der Waals surface area contributed by atoms with Gasteiger partial charge in [-0.3, -0.25) is 4.99 Å². The Hall–Kier alpha value is -1.22. The second-order valence-corrected chi connectivity index (χ2v) is 5.60. The van der Waals surface area contributed by atoms with Crippen LogP contribution in [0.15, 0.2) is 27.7 Å². The molecule has 0 fully saturated rings. The minimum Gasteiger partial charge on any atom is -0.385 e. The first-order chi connectivity index (χ1) is 9.51. The summed E-state index contributed by atoms with van der Waals surface area (Å²) in [6, 6.07) is 3.19. The number of ether oxygens (including phenoxy) is 1. The molecule has 0 unspecified atom stereocenters. The van der Waals surface area contributed by atoms with Gasteiger partial charge in [0.2, 0.25) is 0 Å². The first-order valence-electron chi connectivity index (χ1n) is 5.70. The van der Waals surface area contributed by atoms with Gasteiger partial charge in [0.25, 0.3) is 0 Å². The zero-order valence-electron chi connectivity index (χ0n) is 10.6. The summed E-state index contributed by atoms with van der Waals surface area (Å²) in [4.78, 5) is 3.52. The molecule has 2 atom stereocenters. The normalized spacial score (nSPS) is 30.1. The molecule has 0 amide bonds. The molecule has 116 valence electrons. The highest BCUT2D eigenvalue weighted by atomic mass is 79.9. The fraction of sp³-hybridized carbons (Fsp3) is 0.417. The van der Waals surface area contributed by atoms with E-state index in [1.807, 2.05) is 0 Å². The molecule has 0 saturated carbocycles. The number of aliphatic imine (C=N–C) groups is 1. The molecule has 3 nitrogen and oxygen atoms in total. The molecule has 0 radical (unpaired) electrons. The van der Waals surface area contributed by atoms with Crippen LogP contribution in [0.2, 0.25) is 0 Å². The van der Waals surface area contributed by atoms with Gasteiger partial charge in [-0.05, 0) is 25.1 Å². The maximum atomic E-state index is 14.6. The fourth-order valence-corrected chi connectivity index (χ4v) is 2.53. The molecule has 0 spiro atoms. The molecule has 1 aliphatic rings. The minimum atomic E-state index is -5.42. The second kappa shape index (κ2) is 4.91. The van der Waals surface area contributed by atoms with Gasteiger partial charge in [0.05, 0.1) is 0 Å². The second-order valence-electron chi connectivity index (χ2n) is 4.68. The van der Waals surface area contributed by atoms with Crippen molar-refractivity contribution < 1.29 is 26.7 Å². The van der Waals surface area contributed by atoms with Gasteiger partial charge in [-0.15, -0.1) is 0 Å². The Morgan fingerprint density at radius 1 is 1.38 bits per heavy atom. The number of hydrogen-bond acceptors (Lipinski definition) is 3. The molecular weight excluding hydrogens is 363 g/mol. The van der Waals surface area contributed by atoms with Gasteiger partial charge in [-0.2, -0.15) is 17.6 Å². The van der Waals surface area contributed by atoms with Crippen LogP contribution in [0.4, 0.5) is 22.0 Å². The van der Waals surface area contributed by atoms with Crippen molar-refractivity contribution in [3.05, 3.63) is 34.1 Å². The Labute approximate surface area is 125 Å². The van der Waals surface area contributed by atoms with Crippen LogP contribution in [0.3, 0.4) is 0 Å². The smallest absolute Gasteiger partial charge is 0.385 e. The lowest BCUT2D eigenvalue weighted by atomic mass is 9.83. The van der Waals surface area contributed by atoms with Gasteiger partial charge < -0.3 is 10.5 Å². The fourth-order valence-electron chi connectivity index (χ4n) is 2.17. The molecule has 0 aliphatic carbocycles. The number of halogens is 6. The van der Waals surface area contributed by atoms with Gasteiger partial charge in [0.1, 0.15) is 18.3 Å². The monoisotopic (exact) mass is 372 g/mol. The molecule has 1 aliphatic heterocycles. The van der Waals surface area contributed by atoms with Gasteiger partial charge in [0.15, 0.2) is 5.54 Å². The van der Waals surface area contributed by atoms with Gasteiger partial charge in [0, 0.05) is 10.0 Å². The Morgan fingerprint density at radius 2 is 2.00 bits per heavy atom. The third-order valence-electron chi connectivity index (χ3n) is 3.23. The zero-order chi connectivity index (χ0) is 16.1. The highest BCUT2D eigenvalue weighted by molar-refractivity contribution is 9.10. The predicted octanol–water partition coefficient (Wildman–Crippen LogP) is 3.42. The largest absolute Gasteiger partial charge is 0.451 e. The molecule has 9 heteroatoms. The van der Waals surface area contributed by atoms with Crippen LogP contribution in [0.5, 0.6) is 0 Å². The van der Waals surface area contributed by atoms with E-state index in [9.17, 15) is 22.0 Å². The molecule has 1 heterocycles. The van der Waals surface area contributed by atoms with E-state index in [1.165, 1.54) is 6.07 Å². The quantitative estimate of drug-likeness (QED) is 0.767. The van der Waals surface area contributed by atoms with Crippen LogP contribution in [0.25, 0.3) is 0 Å². The van der Waals surface area contributed by atoms with Crippen LogP contribution < -0.4 is 5.73 Å². The summed E-state index contributed by atoms with van der Waals surface area (Å²) in [6.45, 7) is -0.0431. The van der Waals surface area contributed by atoms with E-state index in [-0.39, 0.29) is 10.3 Å². The summed E-state index contributed by atoms with van der Waals surface area (Å²) in [5.41, 5.74) is 2.05. The van der Waals surface area contributed by atoms with Gasteiger partial charge >= 0.3 is 12.0 Å². The van der Waals surface area contributed by atoms with Crippen molar-refractivity contribution in [2.24, 2.45) is 10.7 Å². The zero-order valence-corrected chi connectivity index (χ0v) is 12.2. The summed E-state index contributed by atoms with van der Waals surface area (Å²) in [5, 5.41) is 0. The highest BCUT2D eigenvalue weighted by Crippen LogP contribution is 2.52. The van der Waals surface area contributed by atoms with E-state index < -0.39 is 35.6 Å².